The Bertz CT molecular complexity index is 130. The van der Waals surface area contributed by atoms with Crippen LogP contribution in [-0.4, -0.2) is 7.05 Å². The number of hydrogen-bond acceptors (Lipinski definition) is 1. The Hall–Kier alpha value is -0.460. The van der Waals surface area contributed by atoms with Crippen LogP contribution in [0, 0.1) is 11.3 Å². The van der Waals surface area contributed by atoms with Gasteiger partial charge in [-0.15, -0.1) is 0 Å². The topological polar surface area (TPSA) is 12.0 Å². The highest BCUT2D eigenvalue weighted by molar-refractivity contribution is 4.96. The molecule has 0 aromatic carbocycles. The lowest BCUT2D eigenvalue weighted by atomic mass is 9.84. The van der Waals surface area contributed by atoms with Crippen LogP contribution < -0.4 is 5.32 Å². The average molecular weight is 155 g/mol. The Morgan fingerprint density at radius 2 is 1.91 bits per heavy atom. The highest BCUT2D eigenvalue weighted by Crippen LogP contribution is 2.26. The smallest absolute Gasteiger partial charge is 0.00599 e. The second kappa shape index (κ2) is 3.80. The molecule has 1 nitrogen and oxygen atoms in total. The second-order valence-corrected chi connectivity index (χ2v) is 4.44. The van der Waals surface area contributed by atoms with Crippen LogP contribution in [0.5, 0.6) is 0 Å². The lowest BCUT2D eigenvalue weighted by molar-refractivity contribution is 0.324. The molecule has 66 valence electrons. The van der Waals surface area contributed by atoms with E-state index < -0.39 is 0 Å². The van der Waals surface area contributed by atoms with E-state index in [-0.39, 0.29) is 0 Å². The summed E-state index contributed by atoms with van der Waals surface area (Å²) in [6, 6.07) is 0. The fourth-order valence-electron chi connectivity index (χ4n) is 1.29. The first-order valence-electron chi connectivity index (χ1n) is 4.23. The van der Waals surface area contributed by atoms with Gasteiger partial charge in [-0.1, -0.05) is 34.3 Å². The van der Waals surface area contributed by atoms with Gasteiger partial charge in [0, 0.05) is 12.7 Å². The van der Waals surface area contributed by atoms with Crippen molar-refractivity contribution in [3.05, 3.63) is 12.3 Å². The van der Waals surface area contributed by atoms with E-state index >= 15 is 0 Å². The number of hydrogen-bond donors (Lipinski definition) is 1. The standard InChI is InChI=1S/C10H21N/c1-8(9(2)11-6)7-10(3,4)5/h8,11H,2,7H2,1,3-6H3. The first-order chi connectivity index (χ1) is 4.87. The number of nitrogens with one attached hydrogen (secondary N) is 1. The molecule has 1 heteroatoms. The van der Waals surface area contributed by atoms with E-state index in [0.717, 1.165) is 5.70 Å². The van der Waals surface area contributed by atoms with Gasteiger partial charge < -0.3 is 5.32 Å². The summed E-state index contributed by atoms with van der Waals surface area (Å²) in [5.74, 6) is 0.569. The monoisotopic (exact) mass is 155 g/mol. The zero-order valence-corrected chi connectivity index (χ0v) is 8.49. The lowest BCUT2D eigenvalue weighted by Crippen LogP contribution is -2.18. The van der Waals surface area contributed by atoms with E-state index in [1.165, 1.54) is 6.42 Å². The van der Waals surface area contributed by atoms with Crippen LogP contribution >= 0.6 is 0 Å². The quantitative estimate of drug-likeness (QED) is 0.661. The summed E-state index contributed by atoms with van der Waals surface area (Å²) in [7, 11) is 1.93. The largest absolute Gasteiger partial charge is 0.392 e. The molecule has 0 aliphatic rings. The molecule has 0 bridgehead atoms. The molecule has 1 unspecified atom stereocenters. The molecule has 1 N–H and O–H groups in total. The molecule has 1 atom stereocenters. The maximum absolute atomic E-state index is 3.95. The summed E-state index contributed by atoms with van der Waals surface area (Å²) in [4.78, 5) is 0. The third-order valence-corrected chi connectivity index (χ3v) is 1.83. The van der Waals surface area contributed by atoms with E-state index in [0.29, 0.717) is 11.3 Å². The van der Waals surface area contributed by atoms with Crippen LogP contribution in [0.3, 0.4) is 0 Å². The Balaban J connectivity index is 3.87. The third kappa shape index (κ3) is 4.88. The van der Waals surface area contributed by atoms with E-state index in [4.69, 9.17) is 0 Å². The Kier molecular flexibility index (Phi) is 3.64. The average Bonchev–Trinajstić information content (AvgIpc) is 1.82. The molecule has 0 fully saturated rings. The molecule has 0 aromatic rings. The van der Waals surface area contributed by atoms with E-state index in [9.17, 15) is 0 Å². The Morgan fingerprint density at radius 3 is 2.18 bits per heavy atom. The van der Waals surface area contributed by atoms with Gasteiger partial charge in [0.2, 0.25) is 0 Å². The molecule has 0 amide bonds. The fourth-order valence-corrected chi connectivity index (χ4v) is 1.29. The summed E-state index contributed by atoms with van der Waals surface area (Å²) in [6.45, 7) is 12.9. The van der Waals surface area contributed by atoms with Crippen LogP contribution in [0.25, 0.3) is 0 Å². The predicted molar refractivity (Wildman–Crippen MR) is 51.4 cm³/mol. The van der Waals surface area contributed by atoms with Crippen molar-refractivity contribution in [3.8, 4) is 0 Å². The van der Waals surface area contributed by atoms with Crippen molar-refractivity contribution in [2.24, 2.45) is 11.3 Å². The molecule has 0 saturated heterocycles. The lowest BCUT2D eigenvalue weighted by Gasteiger charge is -2.24. The van der Waals surface area contributed by atoms with Gasteiger partial charge in [0.1, 0.15) is 0 Å². The zero-order chi connectivity index (χ0) is 9.07. The molecule has 0 saturated carbocycles. The van der Waals surface area contributed by atoms with Crippen molar-refractivity contribution in [3.63, 3.8) is 0 Å². The maximum atomic E-state index is 3.95. The highest BCUT2D eigenvalue weighted by Gasteiger charge is 2.16. The SMILES string of the molecule is C=C(NC)C(C)CC(C)(C)C. The van der Waals surface area contributed by atoms with Crippen LogP contribution in [0.4, 0.5) is 0 Å². The molecular formula is C10H21N. The molecule has 0 heterocycles. The Morgan fingerprint density at radius 1 is 1.45 bits per heavy atom. The van der Waals surface area contributed by atoms with E-state index in [1.54, 1.807) is 0 Å². The Labute approximate surface area is 70.9 Å². The van der Waals surface area contributed by atoms with Crippen LogP contribution in [0.2, 0.25) is 0 Å². The summed E-state index contributed by atoms with van der Waals surface area (Å²) in [5.41, 5.74) is 1.54. The van der Waals surface area contributed by atoms with Gasteiger partial charge in [-0.2, -0.15) is 0 Å². The zero-order valence-electron chi connectivity index (χ0n) is 8.49. The second-order valence-electron chi connectivity index (χ2n) is 4.44. The normalized spacial score (nSPS) is 14.3. The van der Waals surface area contributed by atoms with E-state index in [2.05, 4.69) is 39.6 Å². The summed E-state index contributed by atoms with van der Waals surface area (Å²) in [6.07, 6.45) is 1.19. The van der Waals surface area contributed by atoms with Crippen LogP contribution in [-0.2, 0) is 0 Å². The maximum Gasteiger partial charge on any atom is 0.00599 e. The van der Waals surface area contributed by atoms with Crippen LogP contribution in [0.15, 0.2) is 12.3 Å². The number of allylic oxidation sites excluding steroid dienone is 1. The van der Waals surface area contributed by atoms with Crippen molar-refractivity contribution < 1.29 is 0 Å². The summed E-state index contributed by atoms with van der Waals surface area (Å²) in [5, 5.41) is 3.09. The van der Waals surface area contributed by atoms with Crippen molar-refractivity contribution in [2.45, 2.75) is 34.1 Å². The predicted octanol–water partition coefficient (Wildman–Crippen LogP) is 2.79. The minimum atomic E-state index is 0.402. The molecular weight excluding hydrogens is 134 g/mol. The van der Waals surface area contributed by atoms with Crippen molar-refractivity contribution in [1.82, 2.24) is 5.32 Å². The first kappa shape index (κ1) is 10.5. The first-order valence-corrected chi connectivity index (χ1v) is 4.23. The molecule has 0 aliphatic carbocycles. The van der Waals surface area contributed by atoms with Gasteiger partial charge in [0.05, 0.1) is 0 Å². The highest BCUT2D eigenvalue weighted by atomic mass is 14.8. The molecule has 0 radical (unpaired) electrons. The van der Waals surface area contributed by atoms with Crippen molar-refractivity contribution in [2.75, 3.05) is 7.05 Å². The molecule has 0 aromatic heterocycles. The fraction of sp³-hybridized carbons (Fsp3) is 0.800. The van der Waals surface area contributed by atoms with Gasteiger partial charge in [-0.05, 0) is 17.8 Å². The van der Waals surface area contributed by atoms with Crippen molar-refractivity contribution >= 4 is 0 Å². The van der Waals surface area contributed by atoms with Gasteiger partial charge >= 0.3 is 0 Å². The molecule has 0 rings (SSSR count). The van der Waals surface area contributed by atoms with Gasteiger partial charge in [-0.25, -0.2) is 0 Å². The molecule has 0 spiro atoms. The third-order valence-electron chi connectivity index (χ3n) is 1.83. The van der Waals surface area contributed by atoms with Crippen molar-refractivity contribution in [1.29, 1.82) is 0 Å². The van der Waals surface area contributed by atoms with E-state index in [1.807, 2.05) is 7.05 Å². The minimum absolute atomic E-state index is 0.402. The summed E-state index contributed by atoms with van der Waals surface area (Å²) >= 11 is 0. The van der Waals surface area contributed by atoms with Gasteiger partial charge in [-0.3, -0.25) is 0 Å². The minimum Gasteiger partial charge on any atom is -0.392 e. The summed E-state index contributed by atoms with van der Waals surface area (Å²) < 4.78 is 0. The van der Waals surface area contributed by atoms with Crippen LogP contribution in [0.1, 0.15) is 34.1 Å². The number of rotatable bonds is 3. The molecule has 0 aliphatic heterocycles. The molecule has 11 heavy (non-hydrogen) atoms. The van der Waals surface area contributed by atoms with Gasteiger partial charge in [0.15, 0.2) is 0 Å². The van der Waals surface area contributed by atoms with Gasteiger partial charge in [0.25, 0.3) is 0 Å².